The molecule has 14 heavy (non-hydrogen) atoms. The van der Waals surface area contributed by atoms with Crippen LogP contribution in [-0.4, -0.2) is 29.8 Å². The Kier molecular flexibility index (Phi) is 5.15. The van der Waals surface area contributed by atoms with E-state index in [-0.39, 0.29) is 5.88 Å². The summed E-state index contributed by atoms with van der Waals surface area (Å²) in [4.78, 5) is 4.07. The van der Waals surface area contributed by atoms with E-state index >= 15 is 0 Å². The van der Waals surface area contributed by atoms with Crippen LogP contribution >= 0.6 is 27.5 Å². The van der Waals surface area contributed by atoms with Gasteiger partial charge in [0, 0.05) is 10.7 Å². The number of halogens is 2. The summed E-state index contributed by atoms with van der Waals surface area (Å²) in [6.07, 6.45) is 1.17. The molecule has 1 rings (SSSR count). The van der Waals surface area contributed by atoms with E-state index in [0.717, 1.165) is 10.0 Å². The van der Waals surface area contributed by atoms with Crippen LogP contribution in [0.15, 0.2) is 33.7 Å². The highest BCUT2D eigenvalue weighted by atomic mass is 79.9. The summed E-state index contributed by atoms with van der Waals surface area (Å²) in [5, 5.41) is 9.13. The Labute approximate surface area is 96.8 Å². The van der Waals surface area contributed by atoms with Gasteiger partial charge in [-0.1, -0.05) is 28.1 Å². The first-order valence-corrected chi connectivity index (χ1v) is 5.54. The fourth-order valence-electron chi connectivity index (χ4n) is 0.877. The molecule has 0 amide bonds. The van der Waals surface area contributed by atoms with Gasteiger partial charge in [0.15, 0.2) is 0 Å². The van der Waals surface area contributed by atoms with Crippen molar-refractivity contribution >= 4 is 33.7 Å². The quantitative estimate of drug-likeness (QED) is 0.665. The fourth-order valence-corrected chi connectivity index (χ4v) is 1.24. The van der Waals surface area contributed by atoms with Crippen molar-refractivity contribution in [1.82, 2.24) is 0 Å². The lowest BCUT2D eigenvalue weighted by atomic mass is 10.2. The van der Waals surface area contributed by atoms with Gasteiger partial charge >= 0.3 is 0 Å². The predicted molar refractivity (Wildman–Crippen MR) is 63.3 cm³/mol. The first-order valence-electron chi connectivity index (χ1n) is 4.22. The molecular formula is C10H11BrClNO. The molecule has 0 aliphatic heterocycles. The van der Waals surface area contributed by atoms with Gasteiger partial charge in [0.2, 0.25) is 0 Å². The SMILES string of the molecule is O[C@H](CCl)CN=Cc1ccc(Br)cc1. The molecule has 0 unspecified atom stereocenters. The second kappa shape index (κ2) is 6.17. The van der Waals surface area contributed by atoms with E-state index in [1.54, 1.807) is 6.21 Å². The van der Waals surface area contributed by atoms with Crippen molar-refractivity contribution in [1.29, 1.82) is 0 Å². The van der Waals surface area contributed by atoms with Crippen molar-refractivity contribution in [3.05, 3.63) is 34.3 Å². The number of benzene rings is 1. The number of rotatable bonds is 4. The van der Waals surface area contributed by atoms with Gasteiger partial charge in [-0.2, -0.15) is 0 Å². The number of aliphatic hydroxyl groups excluding tert-OH is 1. The Bertz CT molecular complexity index is 299. The maximum Gasteiger partial charge on any atom is 0.0870 e. The van der Waals surface area contributed by atoms with Gasteiger partial charge < -0.3 is 5.11 Å². The van der Waals surface area contributed by atoms with Crippen LogP contribution in [0.3, 0.4) is 0 Å². The Morgan fingerprint density at radius 3 is 2.64 bits per heavy atom. The highest BCUT2D eigenvalue weighted by Gasteiger charge is 1.97. The van der Waals surface area contributed by atoms with E-state index in [1.807, 2.05) is 24.3 Å². The highest BCUT2D eigenvalue weighted by Crippen LogP contribution is 2.09. The Morgan fingerprint density at radius 2 is 2.07 bits per heavy atom. The van der Waals surface area contributed by atoms with E-state index in [9.17, 15) is 0 Å². The van der Waals surface area contributed by atoms with E-state index in [2.05, 4.69) is 20.9 Å². The summed E-state index contributed by atoms with van der Waals surface area (Å²) in [5.41, 5.74) is 1.01. The molecule has 0 aromatic heterocycles. The Hall–Kier alpha value is -0.380. The molecule has 2 nitrogen and oxygen atoms in total. The first kappa shape index (κ1) is 11.7. The number of hydrogen-bond acceptors (Lipinski definition) is 2. The van der Waals surface area contributed by atoms with Crippen LogP contribution in [0.5, 0.6) is 0 Å². The van der Waals surface area contributed by atoms with E-state index in [1.165, 1.54) is 0 Å². The fraction of sp³-hybridized carbons (Fsp3) is 0.300. The summed E-state index contributed by atoms with van der Waals surface area (Å²) < 4.78 is 1.04. The highest BCUT2D eigenvalue weighted by molar-refractivity contribution is 9.10. The summed E-state index contributed by atoms with van der Waals surface area (Å²) >= 11 is 8.77. The van der Waals surface area contributed by atoms with Gasteiger partial charge in [0.25, 0.3) is 0 Å². The molecule has 1 N–H and O–H groups in total. The van der Waals surface area contributed by atoms with Gasteiger partial charge in [-0.15, -0.1) is 11.6 Å². The molecule has 0 heterocycles. The second-order valence-corrected chi connectivity index (χ2v) is 4.08. The average molecular weight is 277 g/mol. The topological polar surface area (TPSA) is 32.6 Å². The minimum atomic E-state index is -0.552. The average Bonchev–Trinajstić information content (AvgIpc) is 2.21. The molecule has 1 atom stereocenters. The Balaban J connectivity index is 2.48. The lowest BCUT2D eigenvalue weighted by Crippen LogP contribution is -2.12. The van der Waals surface area contributed by atoms with E-state index < -0.39 is 6.10 Å². The maximum absolute atomic E-state index is 9.13. The van der Waals surface area contributed by atoms with Gasteiger partial charge in [-0.25, -0.2) is 0 Å². The van der Waals surface area contributed by atoms with Gasteiger partial charge in [0.05, 0.1) is 18.5 Å². The lowest BCUT2D eigenvalue weighted by molar-refractivity contribution is 0.207. The van der Waals surface area contributed by atoms with E-state index in [4.69, 9.17) is 16.7 Å². The van der Waals surface area contributed by atoms with Crippen molar-refractivity contribution in [3.8, 4) is 0 Å². The number of alkyl halides is 1. The number of nitrogens with zero attached hydrogens (tertiary/aromatic N) is 1. The largest absolute Gasteiger partial charge is 0.390 e. The van der Waals surface area contributed by atoms with Crippen LogP contribution in [0.1, 0.15) is 5.56 Å². The van der Waals surface area contributed by atoms with Crippen LogP contribution in [0.25, 0.3) is 0 Å². The first-order chi connectivity index (χ1) is 6.72. The second-order valence-electron chi connectivity index (χ2n) is 2.85. The molecule has 0 saturated heterocycles. The standard InChI is InChI=1S/C10H11BrClNO/c11-9-3-1-8(2-4-9)6-13-7-10(14)5-12/h1-4,6,10,14H,5,7H2/t10-/m1/s1. The molecule has 0 aliphatic carbocycles. The molecule has 1 aromatic rings. The minimum Gasteiger partial charge on any atom is -0.390 e. The van der Waals surface area contributed by atoms with Crippen molar-refractivity contribution < 1.29 is 5.11 Å². The molecule has 0 aliphatic rings. The predicted octanol–water partition coefficient (Wildman–Crippen LogP) is 2.47. The van der Waals surface area contributed by atoms with Crippen molar-refractivity contribution in [3.63, 3.8) is 0 Å². The summed E-state index contributed by atoms with van der Waals surface area (Å²) in [6, 6.07) is 7.78. The smallest absolute Gasteiger partial charge is 0.0870 e. The van der Waals surface area contributed by atoms with Gasteiger partial charge in [0.1, 0.15) is 0 Å². The minimum absolute atomic E-state index is 0.220. The molecule has 0 spiro atoms. The third kappa shape index (κ3) is 4.22. The molecule has 4 heteroatoms. The molecule has 76 valence electrons. The zero-order chi connectivity index (χ0) is 10.4. The maximum atomic E-state index is 9.13. The molecular weight excluding hydrogens is 265 g/mol. The molecule has 0 bridgehead atoms. The van der Waals surface area contributed by atoms with Crippen LogP contribution in [0, 0.1) is 0 Å². The van der Waals surface area contributed by atoms with Crippen LogP contribution in [-0.2, 0) is 0 Å². The molecule has 0 radical (unpaired) electrons. The lowest BCUT2D eigenvalue weighted by Gasteiger charge is -2.00. The van der Waals surface area contributed by atoms with Crippen molar-refractivity contribution in [2.45, 2.75) is 6.10 Å². The third-order valence-corrected chi connectivity index (χ3v) is 2.49. The van der Waals surface area contributed by atoms with Crippen LogP contribution < -0.4 is 0 Å². The van der Waals surface area contributed by atoms with Crippen LogP contribution in [0.4, 0.5) is 0 Å². The number of aliphatic hydroxyl groups is 1. The molecule has 0 saturated carbocycles. The monoisotopic (exact) mass is 275 g/mol. The summed E-state index contributed by atoms with van der Waals surface area (Å²) in [5.74, 6) is 0.220. The van der Waals surface area contributed by atoms with E-state index in [0.29, 0.717) is 6.54 Å². The number of hydrogen-bond donors (Lipinski definition) is 1. The van der Waals surface area contributed by atoms with Crippen molar-refractivity contribution in [2.75, 3.05) is 12.4 Å². The van der Waals surface area contributed by atoms with Gasteiger partial charge in [-0.05, 0) is 17.7 Å². The molecule has 0 fully saturated rings. The molecule has 1 aromatic carbocycles. The summed E-state index contributed by atoms with van der Waals surface area (Å²) in [7, 11) is 0. The van der Waals surface area contributed by atoms with Crippen molar-refractivity contribution in [2.24, 2.45) is 4.99 Å². The summed E-state index contributed by atoms with van der Waals surface area (Å²) in [6.45, 7) is 0.347. The van der Waals surface area contributed by atoms with Crippen LogP contribution in [0.2, 0.25) is 0 Å². The number of aliphatic imine (C=N–C) groups is 1. The third-order valence-electron chi connectivity index (χ3n) is 1.60. The Morgan fingerprint density at radius 1 is 1.43 bits per heavy atom. The normalized spacial score (nSPS) is 13.4. The zero-order valence-corrected chi connectivity index (χ0v) is 9.87. The zero-order valence-electron chi connectivity index (χ0n) is 7.53. The van der Waals surface area contributed by atoms with Gasteiger partial charge in [-0.3, -0.25) is 4.99 Å².